The van der Waals surface area contributed by atoms with E-state index < -0.39 is 0 Å². The maximum absolute atomic E-state index is 11.3. The molecule has 0 radical (unpaired) electrons. The van der Waals surface area contributed by atoms with Crippen LogP contribution in [0.25, 0.3) is 10.9 Å². The van der Waals surface area contributed by atoms with E-state index >= 15 is 0 Å². The number of benzene rings is 1. The Hall–Kier alpha value is -2.50. The SMILES string of the molecule is CNC(=O)CCOc1cc2nc(NC)cc(C)c2cc1OC. The van der Waals surface area contributed by atoms with Gasteiger partial charge in [0.05, 0.1) is 25.7 Å². The van der Waals surface area contributed by atoms with Crippen LogP contribution < -0.4 is 20.1 Å². The number of anilines is 1. The summed E-state index contributed by atoms with van der Waals surface area (Å²) in [6.45, 7) is 2.31. The first-order chi connectivity index (χ1) is 10.6. The monoisotopic (exact) mass is 303 g/mol. The minimum atomic E-state index is -0.0637. The van der Waals surface area contributed by atoms with Crippen molar-refractivity contribution in [3.05, 3.63) is 23.8 Å². The van der Waals surface area contributed by atoms with Gasteiger partial charge in [-0.05, 0) is 24.6 Å². The summed E-state index contributed by atoms with van der Waals surface area (Å²) < 4.78 is 11.1. The van der Waals surface area contributed by atoms with Gasteiger partial charge in [0.15, 0.2) is 11.5 Å². The average molecular weight is 303 g/mol. The predicted molar refractivity (Wildman–Crippen MR) is 86.8 cm³/mol. The average Bonchev–Trinajstić information content (AvgIpc) is 2.53. The highest BCUT2D eigenvalue weighted by Crippen LogP contribution is 2.33. The first-order valence-electron chi connectivity index (χ1n) is 7.09. The van der Waals surface area contributed by atoms with E-state index in [1.807, 2.05) is 32.2 Å². The summed E-state index contributed by atoms with van der Waals surface area (Å²) >= 11 is 0. The lowest BCUT2D eigenvalue weighted by Crippen LogP contribution is -2.20. The fourth-order valence-corrected chi connectivity index (χ4v) is 2.18. The summed E-state index contributed by atoms with van der Waals surface area (Å²) in [6.07, 6.45) is 0.292. The summed E-state index contributed by atoms with van der Waals surface area (Å²) in [6, 6.07) is 5.73. The largest absolute Gasteiger partial charge is 0.493 e. The highest BCUT2D eigenvalue weighted by Gasteiger charge is 2.11. The minimum Gasteiger partial charge on any atom is -0.493 e. The normalized spacial score (nSPS) is 10.4. The molecule has 1 heterocycles. The number of carbonyl (C=O) groups is 1. The summed E-state index contributed by atoms with van der Waals surface area (Å²) in [7, 11) is 5.03. The van der Waals surface area contributed by atoms with Crippen LogP contribution in [-0.2, 0) is 4.79 Å². The van der Waals surface area contributed by atoms with Crippen molar-refractivity contribution in [3.63, 3.8) is 0 Å². The number of methoxy groups -OCH3 is 1. The first-order valence-corrected chi connectivity index (χ1v) is 7.09. The van der Waals surface area contributed by atoms with E-state index in [9.17, 15) is 4.79 Å². The second-order valence-electron chi connectivity index (χ2n) is 4.87. The highest BCUT2D eigenvalue weighted by molar-refractivity contribution is 5.87. The van der Waals surface area contributed by atoms with Gasteiger partial charge in [0.2, 0.25) is 5.91 Å². The molecule has 0 aliphatic rings. The summed E-state index contributed by atoms with van der Waals surface area (Å²) in [5, 5.41) is 6.61. The lowest BCUT2D eigenvalue weighted by atomic mass is 10.1. The van der Waals surface area contributed by atoms with Crippen LogP contribution in [-0.4, -0.2) is 38.7 Å². The summed E-state index contributed by atoms with van der Waals surface area (Å²) in [4.78, 5) is 15.8. The Kier molecular flexibility index (Phi) is 5.04. The molecule has 0 spiro atoms. The molecule has 0 saturated carbocycles. The number of hydrogen-bond donors (Lipinski definition) is 2. The molecule has 2 rings (SSSR count). The Morgan fingerprint density at radius 2 is 2.00 bits per heavy atom. The quantitative estimate of drug-likeness (QED) is 0.855. The fourth-order valence-electron chi connectivity index (χ4n) is 2.18. The number of aromatic nitrogens is 1. The fraction of sp³-hybridized carbons (Fsp3) is 0.375. The molecule has 0 unspecified atom stereocenters. The van der Waals surface area contributed by atoms with Gasteiger partial charge in [-0.15, -0.1) is 0 Å². The number of aryl methyl sites for hydroxylation is 1. The maximum Gasteiger partial charge on any atom is 0.223 e. The van der Waals surface area contributed by atoms with Crippen molar-refractivity contribution in [2.45, 2.75) is 13.3 Å². The van der Waals surface area contributed by atoms with Crippen molar-refractivity contribution >= 4 is 22.6 Å². The second-order valence-corrected chi connectivity index (χ2v) is 4.87. The van der Waals surface area contributed by atoms with Gasteiger partial charge >= 0.3 is 0 Å². The molecular weight excluding hydrogens is 282 g/mol. The third-order valence-corrected chi connectivity index (χ3v) is 3.42. The topological polar surface area (TPSA) is 72.5 Å². The van der Waals surface area contributed by atoms with Gasteiger partial charge in [0, 0.05) is 25.5 Å². The Balaban J connectivity index is 2.34. The van der Waals surface area contributed by atoms with E-state index in [0.29, 0.717) is 17.9 Å². The van der Waals surface area contributed by atoms with Crippen molar-refractivity contribution in [2.24, 2.45) is 0 Å². The molecule has 0 fully saturated rings. The molecule has 0 atom stereocenters. The molecule has 1 amide bonds. The first kappa shape index (κ1) is 15.9. The Morgan fingerprint density at radius 3 is 2.64 bits per heavy atom. The highest BCUT2D eigenvalue weighted by atomic mass is 16.5. The zero-order valence-electron chi connectivity index (χ0n) is 13.3. The molecule has 118 valence electrons. The van der Waals surface area contributed by atoms with Crippen molar-refractivity contribution in [1.82, 2.24) is 10.3 Å². The van der Waals surface area contributed by atoms with Gasteiger partial charge in [0.25, 0.3) is 0 Å². The smallest absolute Gasteiger partial charge is 0.223 e. The number of ether oxygens (including phenoxy) is 2. The second kappa shape index (κ2) is 6.98. The maximum atomic E-state index is 11.3. The number of nitrogens with one attached hydrogen (secondary N) is 2. The number of amides is 1. The number of hydrogen-bond acceptors (Lipinski definition) is 5. The third-order valence-electron chi connectivity index (χ3n) is 3.42. The number of pyridine rings is 1. The Morgan fingerprint density at radius 1 is 1.23 bits per heavy atom. The molecule has 6 heteroatoms. The van der Waals surface area contributed by atoms with Gasteiger partial charge in [-0.2, -0.15) is 0 Å². The molecule has 0 bridgehead atoms. The summed E-state index contributed by atoms with van der Waals surface area (Å²) in [5.41, 5.74) is 1.92. The van der Waals surface area contributed by atoms with Crippen molar-refractivity contribution in [3.8, 4) is 11.5 Å². The van der Waals surface area contributed by atoms with Gasteiger partial charge < -0.3 is 20.1 Å². The molecule has 0 saturated heterocycles. The lowest BCUT2D eigenvalue weighted by Gasteiger charge is -2.13. The Labute approximate surface area is 129 Å². The molecule has 0 aliphatic heterocycles. The number of rotatable bonds is 6. The standard InChI is InChI=1S/C16H21N3O3/c1-10-7-15(17-2)19-12-9-14(13(21-4)8-11(10)12)22-6-5-16(20)18-3/h7-9H,5-6H2,1-4H3,(H,17,19)(H,18,20). The predicted octanol–water partition coefficient (Wildman–Crippen LogP) is 2.11. The third kappa shape index (κ3) is 3.39. The van der Waals surface area contributed by atoms with Crippen LogP contribution in [0.5, 0.6) is 11.5 Å². The molecule has 6 nitrogen and oxygen atoms in total. The number of nitrogens with zero attached hydrogens (tertiary/aromatic N) is 1. The minimum absolute atomic E-state index is 0.0637. The molecule has 1 aromatic carbocycles. The van der Waals surface area contributed by atoms with Crippen molar-refractivity contribution < 1.29 is 14.3 Å². The van der Waals surface area contributed by atoms with Gasteiger partial charge in [-0.25, -0.2) is 4.98 Å². The van der Waals surface area contributed by atoms with E-state index in [1.54, 1.807) is 14.2 Å². The zero-order chi connectivity index (χ0) is 16.1. The van der Waals surface area contributed by atoms with Gasteiger partial charge in [-0.1, -0.05) is 0 Å². The van der Waals surface area contributed by atoms with Crippen LogP contribution >= 0.6 is 0 Å². The van der Waals surface area contributed by atoms with Crippen LogP contribution in [0, 0.1) is 6.92 Å². The van der Waals surface area contributed by atoms with Gasteiger partial charge in [-0.3, -0.25) is 4.79 Å². The molecular formula is C16H21N3O3. The van der Waals surface area contributed by atoms with Crippen LogP contribution in [0.15, 0.2) is 18.2 Å². The van der Waals surface area contributed by atoms with Crippen LogP contribution in [0.4, 0.5) is 5.82 Å². The van der Waals surface area contributed by atoms with Crippen LogP contribution in [0.3, 0.4) is 0 Å². The number of fused-ring (bicyclic) bond motifs is 1. The molecule has 22 heavy (non-hydrogen) atoms. The van der Waals surface area contributed by atoms with E-state index in [-0.39, 0.29) is 12.5 Å². The van der Waals surface area contributed by atoms with E-state index in [1.165, 1.54) is 0 Å². The zero-order valence-corrected chi connectivity index (χ0v) is 13.3. The van der Waals surface area contributed by atoms with Crippen LogP contribution in [0.2, 0.25) is 0 Å². The molecule has 2 N–H and O–H groups in total. The lowest BCUT2D eigenvalue weighted by molar-refractivity contribution is -0.121. The molecule has 0 aliphatic carbocycles. The summed E-state index contributed by atoms with van der Waals surface area (Å²) in [5.74, 6) is 1.95. The Bertz CT molecular complexity index is 686. The van der Waals surface area contributed by atoms with Crippen LogP contribution in [0.1, 0.15) is 12.0 Å². The van der Waals surface area contributed by atoms with Gasteiger partial charge in [0.1, 0.15) is 5.82 Å². The van der Waals surface area contributed by atoms with E-state index in [4.69, 9.17) is 9.47 Å². The molecule has 1 aromatic heterocycles. The van der Waals surface area contributed by atoms with Crippen molar-refractivity contribution in [2.75, 3.05) is 33.1 Å². The molecule has 2 aromatic rings. The number of carbonyl (C=O) groups excluding carboxylic acids is 1. The van der Waals surface area contributed by atoms with Crippen molar-refractivity contribution in [1.29, 1.82) is 0 Å². The van der Waals surface area contributed by atoms with E-state index in [2.05, 4.69) is 15.6 Å². The van der Waals surface area contributed by atoms with E-state index in [0.717, 1.165) is 22.3 Å².